The summed E-state index contributed by atoms with van der Waals surface area (Å²) in [4.78, 5) is 30.5. The maximum atomic E-state index is 12.9. The zero-order valence-corrected chi connectivity index (χ0v) is 18.0. The van der Waals surface area contributed by atoms with Gasteiger partial charge in [-0.1, -0.05) is 11.6 Å². The first-order chi connectivity index (χ1) is 15.2. The summed E-state index contributed by atoms with van der Waals surface area (Å²) in [6.07, 6.45) is 7.01. The molecule has 3 aromatic rings. The van der Waals surface area contributed by atoms with Crippen LogP contribution in [0.2, 0.25) is 5.15 Å². The zero-order valence-electron chi connectivity index (χ0n) is 17.2. The van der Waals surface area contributed by atoms with Crippen molar-refractivity contribution in [2.75, 3.05) is 44.3 Å². The number of pyridine rings is 3. The van der Waals surface area contributed by atoms with Crippen molar-refractivity contribution in [1.29, 1.82) is 0 Å². The number of nitrogens with zero attached hydrogens (tertiary/aromatic N) is 5. The maximum absolute atomic E-state index is 12.9. The first-order valence-electron chi connectivity index (χ1n) is 10.7. The van der Waals surface area contributed by atoms with E-state index in [1.54, 1.807) is 12.4 Å². The molecule has 2 aliphatic heterocycles. The number of halogens is 1. The van der Waals surface area contributed by atoms with Crippen molar-refractivity contribution in [1.82, 2.24) is 19.9 Å². The van der Waals surface area contributed by atoms with E-state index in [0.717, 1.165) is 53.8 Å². The van der Waals surface area contributed by atoms with Gasteiger partial charge in [0.1, 0.15) is 11.0 Å². The van der Waals surface area contributed by atoms with Crippen molar-refractivity contribution in [2.45, 2.75) is 12.8 Å². The summed E-state index contributed by atoms with van der Waals surface area (Å²) in [5.74, 6) is 1.27. The Balaban J connectivity index is 1.40. The Labute approximate surface area is 186 Å². The Bertz CT molecular complexity index is 1090. The van der Waals surface area contributed by atoms with Crippen molar-refractivity contribution in [3.05, 3.63) is 48.0 Å². The molecule has 0 N–H and O–H groups in total. The van der Waals surface area contributed by atoms with Crippen LogP contribution in [-0.2, 0) is 9.53 Å². The highest BCUT2D eigenvalue weighted by molar-refractivity contribution is 6.29. The third kappa shape index (κ3) is 4.20. The van der Waals surface area contributed by atoms with E-state index in [1.807, 2.05) is 35.4 Å². The van der Waals surface area contributed by atoms with E-state index in [0.29, 0.717) is 31.5 Å². The molecule has 160 valence electrons. The molecule has 8 heteroatoms. The van der Waals surface area contributed by atoms with Crippen LogP contribution in [0.3, 0.4) is 0 Å². The Morgan fingerprint density at radius 2 is 1.87 bits per heavy atom. The van der Waals surface area contributed by atoms with Gasteiger partial charge in [-0.25, -0.2) is 9.97 Å². The normalized spacial score (nSPS) is 17.8. The molecule has 7 nitrogen and oxygen atoms in total. The molecule has 1 amide bonds. The van der Waals surface area contributed by atoms with Gasteiger partial charge >= 0.3 is 0 Å². The fraction of sp³-hybridized carbons (Fsp3) is 0.391. The molecule has 0 atom stereocenters. The fourth-order valence-electron chi connectivity index (χ4n) is 4.41. The predicted molar refractivity (Wildman–Crippen MR) is 120 cm³/mol. The van der Waals surface area contributed by atoms with Gasteiger partial charge in [0, 0.05) is 67.0 Å². The zero-order chi connectivity index (χ0) is 21.2. The van der Waals surface area contributed by atoms with Gasteiger partial charge in [-0.05, 0) is 37.1 Å². The van der Waals surface area contributed by atoms with E-state index >= 15 is 0 Å². The lowest BCUT2D eigenvalue weighted by atomic mass is 9.94. The van der Waals surface area contributed by atoms with E-state index in [1.165, 1.54) is 0 Å². The largest absolute Gasteiger partial charge is 0.378 e. The number of carbonyl (C=O) groups is 1. The average molecular weight is 438 g/mol. The number of amides is 1. The van der Waals surface area contributed by atoms with E-state index < -0.39 is 0 Å². The number of fused-ring (bicyclic) bond motifs is 1. The van der Waals surface area contributed by atoms with E-state index in [2.05, 4.69) is 14.9 Å². The van der Waals surface area contributed by atoms with Crippen LogP contribution in [0.1, 0.15) is 12.8 Å². The molecule has 2 aliphatic rings. The molecule has 2 saturated heterocycles. The smallest absolute Gasteiger partial charge is 0.225 e. The summed E-state index contributed by atoms with van der Waals surface area (Å²) in [5, 5.41) is 2.54. The van der Waals surface area contributed by atoms with Gasteiger partial charge in [0.2, 0.25) is 5.91 Å². The first-order valence-corrected chi connectivity index (χ1v) is 11.0. The monoisotopic (exact) mass is 437 g/mol. The SMILES string of the molecule is O=C(C1CCN(c2nc(-c3ccnc(Cl)c3)cc3cnccc23)CC1)N1CCOCC1. The van der Waals surface area contributed by atoms with Crippen molar-refractivity contribution in [3.8, 4) is 11.3 Å². The number of aromatic nitrogens is 3. The standard InChI is InChI=1S/C23H24ClN5O2/c24-21-14-17(1-6-26-21)20-13-18-15-25-5-2-19(18)22(27-20)28-7-3-16(4-8-28)23(30)29-9-11-31-12-10-29/h1-2,5-6,13-16H,3-4,7-12H2. The minimum absolute atomic E-state index is 0.0736. The van der Waals surface area contributed by atoms with E-state index in [-0.39, 0.29) is 11.8 Å². The summed E-state index contributed by atoms with van der Waals surface area (Å²) in [7, 11) is 0. The Hall–Kier alpha value is -2.77. The number of hydrogen-bond donors (Lipinski definition) is 0. The van der Waals surface area contributed by atoms with Crippen molar-refractivity contribution < 1.29 is 9.53 Å². The number of anilines is 1. The Morgan fingerprint density at radius 1 is 1.06 bits per heavy atom. The van der Waals surface area contributed by atoms with Crippen LogP contribution in [0.25, 0.3) is 22.0 Å². The summed E-state index contributed by atoms with van der Waals surface area (Å²) >= 11 is 6.11. The molecule has 2 fully saturated rings. The molecule has 0 aromatic carbocycles. The van der Waals surface area contributed by atoms with Crippen LogP contribution in [-0.4, -0.2) is 65.2 Å². The number of ether oxygens (including phenoxy) is 1. The van der Waals surface area contributed by atoms with Crippen LogP contribution < -0.4 is 4.90 Å². The van der Waals surface area contributed by atoms with E-state index in [9.17, 15) is 4.79 Å². The minimum atomic E-state index is 0.0736. The molecule has 0 spiro atoms. The van der Waals surface area contributed by atoms with Crippen LogP contribution in [0.15, 0.2) is 42.9 Å². The fourth-order valence-corrected chi connectivity index (χ4v) is 4.58. The molecule has 31 heavy (non-hydrogen) atoms. The second-order valence-electron chi connectivity index (χ2n) is 7.99. The quantitative estimate of drug-likeness (QED) is 0.585. The van der Waals surface area contributed by atoms with Crippen molar-refractivity contribution in [2.24, 2.45) is 5.92 Å². The van der Waals surface area contributed by atoms with Gasteiger partial charge in [-0.15, -0.1) is 0 Å². The number of carbonyl (C=O) groups excluding carboxylic acids is 1. The Morgan fingerprint density at radius 3 is 2.65 bits per heavy atom. The second-order valence-corrected chi connectivity index (χ2v) is 8.38. The number of rotatable bonds is 3. The first kappa shape index (κ1) is 20.2. The van der Waals surface area contributed by atoms with Crippen LogP contribution >= 0.6 is 11.6 Å². The van der Waals surface area contributed by atoms with Gasteiger partial charge in [0.05, 0.1) is 18.9 Å². The molecule has 0 aliphatic carbocycles. The van der Waals surface area contributed by atoms with Crippen molar-refractivity contribution in [3.63, 3.8) is 0 Å². The highest BCUT2D eigenvalue weighted by Crippen LogP contribution is 2.32. The summed E-state index contributed by atoms with van der Waals surface area (Å²) in [5.41, 5.74) is 1.76. The van der Waals surface area contributed by atoms with Crippen LogP contribution in [0.4, 0.5) is 5.82 Å². The molecule has 0 bridgehead atoms. The van der Waals surface area contributed by atoms with Gasteiger partial charge in [0.15, 0.2) is 0 Å². The topological polar surface area (TPSA) is 71.5 Å². The molecule has 0 radical (unpaired) electrons. The highest BCUT2D eigenvalue weighted by Gasteiger charge is 2.30. The lowest BCUT2D eigenvalue weighted by Crippen LogP contribution is -2.47. The number of hydrogen-bond acceptors (Lipinski definition) is 6. The van der Waals surface area contributed by atoms with Crippen LogP contribution in [0, 0.1) is 5.92 Å². The van der Waals surface area contributed by atoms with Crippen LogP contribution in [0.5, 0.6) is 0 Å². The predicted octanol–water partition coefficient (Wildman–Crippen LogP) is 3.42. The summed E-state index contributed by atoms with van der Waals surface area (Å²) in [6, 6.07) is 7.77. The molecule has 0 unspecified atom stereocenters. The third-order valence-electron chi connectivity index (χ3n) is 6.10. The number of morpholine rings is 1. The number of piperidine rings is 1. The second kappa shape index (κ2) is 8.77. The molecule has 0 saturated carbocycles. The van der Waals surface area contributed by atoms with Gasteiger partial charge in [0.25, 0.3) is 0 Å². The van der Waals surface area contributed by atoms with Crippen molar-refractivity contribution >= 4 is 34.1 Å². The average Bonchev–Trinajstić information content (AvgIpc) is 2.83. The molecule has 5 rings (SSSR count). The molecular formula is C23H24ClN5O2. The third-order valence-corrected chi connectivity index (χ3v) is 6.31. The summed E-state index contributed by atoms with van der Waals surface area (Å²) in [6.45, 7) is 4.28. The maximum Gasteiger partial charge on any atom is 0.225 e. The lowest BCUT2D eigenvalue weighted by molar-refractivity contribution is -0.140. The summed E-state index contributed by atoms with van der Waals surface area (Å²) < 4.78 is 5.38. The van der Waals surface area contributed by atoms with Gasteiger partial charge in [-0.2, -0.15) is 0 Å². The lowest BCUT2D eigenvalue weighted by Gasteiger charge is -2.36. The van der Waals surface area contributed by atoms with E-state index in [4.69, 9.17) is 21.3 Å². The molecule has 3 aromatic heterocycles. The van der Waals surface area contributed by atoms with Gasteiger partial charge < -0.3 is 14.5 Å². The minimum Gasteiger partial charge on any atom is -0.378 e. The Kier molecular flexibility index (Phi) is 5.70. The molecular weight excluding hydrogens is 414 g/mol. The van der Waals surface area contributed by atoms with Gasteiger partial charge in [-0.3, -0.25) is 9.78 Å². The molecule has 5 heterocycles. The highest BCUT2D eigenvalue weighted by atomic mass is 35.5.